The minimum absolute atomic E-state index is 0.0730. The zero-order chi connectivity index (χ0) is 49.3. The van der Waals surface area contributed by atoms with Crippen LogP contribution in [0.15, 0.2) is 48.6 Å². The summed E-state index contributed by atoms with van der Waals surface area (Å²) in [6.45, 7) is 6.56. The highest BCUT2D eigenvalue weighted by Crippen LogP contribution is 2.17. The average molecular weight is 954 g/mol. The zero-order valence-corrected chi connectivity index (χ0v) is 45.4. The maximum atomic E-state index is 12.9. The Balaban J connectivity index is 4.36. The molecule has 396 valence electrons. The lowest BCUT2D eigenvalue weighted by atomic mass is 10.0. The third-order valence-electron chi connectivity index (χ3n) is 13.1. The Hall–Kier alpha value is -2.63. The van der Waals surface area contributed by atoms with Gasteiger partial charge in [-0.1, -0.05) is 281 Å². The van der Waals surface area contributed by atoms with E-state index in [1.807, 2.05) is 0 Å². The number of carbonyl (C=O) groups excluding carboxylic acids is 3. The van der Waals surface area contributed by atoms with E-state index in [2.05, 4.69) is 69.4 Å². The quantitative estimate of drug-likeness (QED) is 0.0262. The monoisotopic (exact) mass is 953 g/mol. The lowest BCUT2D eigenvalue weighted by molar-refractivity contribution is -0.167. The second-order valence-electron chi connectivity index (χ2n) is 19.9. The van der Waals surface area contributed by atoms with Crippen molar-refractivity contribution in [3.8, 4) is 0 Å². The molecule has 6 nitrogen and oxygen atoms in total. The van der Waals surface area contributed by atoms with Crippen LogP contribution in [0.25, 0.3) is 0 Å². The van der Waals surface area contributed by atoms with Crippen molar-refractivity contribution in [3.05, 3.63) is 48.6 Å². The molecule has 0 aromatic heterocycles. The molecule has 0 aliphatic rings. The molecule has 0 saturated carbocycles. The van der Waals surface area contributed by atoms with Crippen molar-refractivity contribution in [1.29, 1.82) is 0 Å². The smallest absolute Gasteiger partial charge is 0.306 e. The van der Waals surface area contributed by atoms with Gasteiger partial charge in [0.25, 0.3) is 0 Å². The second kappa shape index (κ2) is 57.0. The molecule has 0 heterocycles. The molecule has 0 amide bonds. The van der Waals surface area contributed by atoms with Crippen LogP contribution >= 0.6 is 0 Å². The van der Waals surface area contributed by atoms with Gasteiger partial charge in [-0.15, -0.1) is 0 Å². The van der Waals surface area contributed by atoms with Crippen LogP contribution in [0.4, 0.5) is 0 Å². The Morgan fingerprint density at radius 3 is 0.897 bits per heavy atom. The fraction of sp³-hybridized carbons (Fsp3) is 0.823. The van der Waals surface area contributed by atoms with Gasteiger partial charge >= 0.3 is 17.9 Å². The van der Waals surface area contributed by atoms with E-state index in [1.165, 1.54) is 180 Å². The Kier molecular flexibility index (Phi) is 54.8. The molecule has 0 bridgehead atoms. The first-order valence-electron chi connectivity index (χ1n) is 29.6. The lowest BCUT2D eigenvalue weighted by Crippen LogP contribution is -2.30. The van der Waals surface area contributed by atoms with E-state index in [9.17, 15) is 14.4 Å². The average Bonchev–Trinajstić information content (AvgIpc) is 3.34. The van der Waals surface area contributed by atoms with Crippen LogP contribution < -0.4 is 0 Å². The van der Waals surface area contributed by atoms with E-state index in [4.69, 9.17) is 14.2 Å². The molecule has 0 saturated heterocycles. The van der Waals surface area contributed by atoms with Crippen LogP contribution in [0.5, 0.6) is 0 Å². The first kappa shape index (κ1) is 65.4. The molecule has 1 unspecified atom stereocenters. The van der Waals surface area contributed by atoms with E-state index in [0.717, 1.165) is 89.9 Å². The fourth-order valence-corrected chi connectivity index (χ4v) is 8.67. The summed E-state index contributed by atoms with van der Waals surface area (Å²) in [5.41, 5.74) is 0. The number of rotatable bonds is 54. The van der Waals surface area contributed by atoms with Crippen LogP contribution in [0, 0.1) is 0 Å². The number of ether oxygens (including phenoxy) is 3. The van der Waals surface area contributed by atoms with E-state index < -0.39 is 6.10 Å². The molecule has 0 rings (SSSR count). The topological polar surface area (TPSA) is 78.9 Å². The molecule has 0 aromatic carbocycles. The van der Waals surface area contributed by atoms with Gasteiger partial charge in [-0.2, -0.15) is 0 Å². The van der Waals surface area contributed by atoms with Gasteiger partial charge in [0.1, 0.15) is 13.2 Å². The second-order valence-corrected chi connectivity index (χ2v) is 19.9. The Labute approximate surface area is 422 Å². The summed E-state index contributed by atoms with van der Waals surface area (Å²) in [6, 6.07) is 0. The maximum Gasteiger partial charge on any atom is 0.306 e. The van der Waals surface area contributed by atoms with E-state index in [1.54, 1.807) is 0 Å². The largest absolute Gasteiger partial charge is 0.462 e. The highest BCUT2D eigenvalue weighted by atomic mass is 16.6. The first-order valence-corrected chi connectivity index (χ1v) is 29.6. The molecule has 0 spiro atoms. The highest BCUT2D eigenvalue weighted by Gasteiger charge is 2.19. The summed E-state index contributed by atoms with van der Waals surface area (Å²) in [5.74, 6) is -0.868. The van der Waals surface area contributed by atoms with E-state index in [0.29, 0.717) is 19.3 Å². The SMILES string of the molecule is CC/C=C\C/C=C\C/C=C\C/C=C\CCCCCCCCC(=O)OCC(COC(=O)CCCCCCCCCCCCCCCC)OC(=O)CCCCCCCCCCCCCCCCCCC. The van der Waals surface area contributed by atoms with Gasteiger partial charge < -0.3 is 14.2 Å². The van der Waals surface area contributed by atoms with E-state index in [-0.39, 0.29) is 31.1 Å². The number of hydrogen-bond acceptors (Lipinski definition) is 6. The maximum absolute atomic E-state index is 12.9. The number of hydrogen-bond donors (Lipinski definition) is 0. The summed E-state index contributed by atoms with van der Waals surface area (Å²) in [6.07, 6.45) is 69.6. The van der Waals surface area contributed by atoms with Crippen molar-refractivity contribution in [2.24, 2.45) is 0 Å². The third-order valence-corrected chi connectivity index (χ3v) is 13.1. The molecule has 0 fully saturated rings. The fourth-order valence-electron chi connectivity index (χ4n) is 8.67. The third kappa shape index (κ3) is 54.3. The van der Waals surface area contributed by atoms with Gasteiger partial charge in [0.05, 0.1) is 0 Å². The number of allylic oxidation sites excluding steroid dienone is 8. The number of unbranched alkanes of at least 4 members (excludes halogenated alkanes) is 35. The van der Waals surface area contributed by atoms with Crippen LogP contribution in [0.2, 0.25) is 0 Å². The van der Waals surface area contributed by atoms with Crippen molar-refractivity contribution in [1.82, 2.24) is 0 Å². The molecule has 0 N–H and O–H groups in total. The standard InChI is InChI=1S/C62H112O6/c1-4-7-10-13-16-19-22-25-28-30-31-33-34-37-40-43-46-49-52-55-61(64)67-58-59(57-66-60(63)54-51-48-45-42-39-36-27-24-21-18-15-12-9-6-3)68-62(65)56-53-50-47-44-41-38-35-32-29-26-23-20-17-14-11-8-5-2/h7,10,16,19,25,28,31,33,59H,4-6,8-9,11-15,17-18,20-24,26-27,29-30,32,34-58H2,1-3H3/b10-7-,19-16-,28-25-,33-31-. The van der Waals surface area contributed by atoms with Gasteiger partial charge in [-0.3, -0.25) is 14.4 Å². The van der Waals surface area contributed by atoms with Crippen LogP contribution in [0.1, 0.15) is 310 Å². The van der Waals surface area contributed by atoms with E-state index >= 15 is 0 Å². The molecule has 6 heteroatoms. The number of esters is 3. The summed E-state index contributed by atoms with van der Waals surface area (Å²) < 4.78 is 16.9. The molecule has 68 heavy (non-hydrogen) atoms. The number of carbonyl (C=O) groups is 3. The van der Waals surface area contributed by atoms with Crippen LogP contribution in [-0.2, 0) is 28.6 Å². The minimum atomic E-state index is -0.775. The summed E-state index contributed by atoms with van der Waals surface area (Å²) in [7, 11) is 0. The molecule has 0 radical (unpaired) electrons. The van der Waals surface area contributed by atoms with Crippen LogP contribution in [0.3, 0.4) is 0 Å². The van der Waals surface area contributed by atoms with Crippen molar-refractivity contribution >= 4 is 17.9 Å². The molecule has 0 aliphatic carbocycles. The van der Waals surface area contributed by atoms with Gasteiger partial charge in [0, 0.05) is 19.3 Å². The first-order chi connectivity index (χ1) is 33.5. The highest BCUT2D eigenvalue weighted by molar-refractivity contribution is 5.71. The van der Waals surface area contributed by atoms with Crippen LogP contribution in [-0.4, -0.2) is 37.2 Å². The van der Waals surface area contributed by atoms with Crippen molar-refractivity contribution in [2.45, 2.75) is 316 Å². The summed E-state index contributed by atoms with van der Waals surface area (Å²) >= 11 is 0. The summed E-state index contributed by atoms with van der Waals surface area (Å²) in [4.78, 5) is 38.2. The Morgan fingerprint density at radius 2 is 0.574 bits per heavy atom. The summed E-state index contributed by atoms with van der Waals surface area (Å²) in [5, 5.41) is 0. The van der Waals surface area contributed by atoms with Gasteiger partial charge in [-0.25, -0.2) is 0 Å². The van der Waals surface area contributed by atoms with Gasteiger partial charge in [0.2, 0.25) is 0 Å². The van der Waals surface area contributed by atoms with Crippen molar-refractivity contribution in [3.63, 3.8) is 0 Å². The molecular formula is C62H112O6. The predicted molar refractivity (Wildman–Crippen MR) is 293 cm³/mol. The molecule has 0 aliphatic heterocycles. The Morgan fingerprint density at radius 1 is 0.309 bits per heavy atom. The zero-order valence-electron chi connectivity index (χ0n) is 45.4. The van der Waals surface area contributed by atoms with Crippen molar-refractivity contribution < 1.29 is 28.6 Å². The normalized spacial score (nSPS) is 12.3. The van der Waals surface area contributed by atoms with Crippen molar-refractivity contribution in [2.75, 3.05) is 13.2 Å². The lowest BCUT2D eigenvalue weighted by Gasteiger charge is -2.18. The molecular weight excluding hydrogens is 841 g/mol. The molecule has 0 aromatic rings. The predicted octanol–water partition coefficient (Wildman–Crippen LogP) is 19.8. The minimum Gasteiger partial charge on any atom is -0.462 e. The molecule has 1 atom stereocenters. The Bertz CT molecular complexity index is 1190. The van der Waals surface area contributed by atoms with Gasteiger partial charge in [0.15, 0.2) is 6.10 Å². The van der Waals surface area contributed by atoms with Gasteiger partial charge in [-0.05, 0) is 57.8 Å².